The van der Waals surface area contributed by atoms with E-state index >= 15 is 0 Å². The predicted molar refractivity (Wildman–Crippen MR) is 135 cm³/mol. The first kappa shape index (κ1) is 22.1. The Hall–Kier alpha value is -2.74. The van der Waals surface area contributed by atoms with E-state index in [1.807, 2.05) is 45.2 Å². The Kier molecular flexibility index (Phi) is 5.73. The number of nitrogens with one attached hydrogen (secondary N) is 1. The Labute approximate surface area is 197 Å². The van der Waals surface area contributed by atoms with Gasteiger partial charge in [0.25, 0.3) is 0 Å². The van der Waals surface area contributed by atoms with Gasteiger partial charge in [-0.15, -0.1) is 5.10 Å². The van der Waals surface area contributed by atoms with Gasteiger partial charge >= 0.3 is 0 Å². The summed E-state index contributed by atoms with van der Waals surface area (Å²) in [6, 6.07) is 6.28. The molecule has 5 rings (SSSR count). The quantitative estimate of drug-likeness (QED) is 0.482. The van der Waals surface area contributed by atoms with Crippen molar-refractivity contribution in [3.8, 4) is 11.3 Å². The molecule has 2 radical (unpaired) electrons. The van der Waals surface area contributed by atoms with E-state index in [2.05, 4.69) is 27.1 Å². The average Bonchev–Trinajstić information content (AvgIpc) is 3.10. The summed E-state index contributed by atoms with van der Waals surface area (Å²) in [7, 11) is 6.33. The largest absolute Gasteiger partial charge is 0.350 e. The second kappa shape index (κ2) is 8.56. The molecule has 2 aliphatic rings. The highest BCUT2D eigenvalue weighted by molar-refractivity contribution is 6.32. The maximum Gasteiger partial charge on any atom is 0.241 e. The smallest absolute Gasteiger partial charge is 0.241 e. The van der Waals surface area contributed by atoms with E-state index in [0.29, 0.717) is 23.1 Å². The standard InChI is InChI=1S/C25H32BN7/c1-16(2)28-20-6-7-21(29-17(20)3)19-14-23(26)33-22(19)15-27-24(31-33)30-18-8-12-32(13-9-18)25(4)10-5-11-25/h6-7,14-15,18H,5,8-13H2,1-4H3,(H,30,31). The molecule has 4 heterocycles. The number of fused-ring (bicyclic) bond motifs is 1. The fraction of sp³-hybridized carbons (Fsp3) is 0.520. The topological polar surface area (TPSA) is 70.7 Å². The molecule has 0 spiro atoms. The third-order valence-electron chi connectivity index (χ3n) is 7.25. The van der Waals surface area contributed by atoms with Crippen molar-refractivity contribution in [2.75, 3.05) is 18.4 Å². The number of aryl methyl sites for hydroxylation is 1. The fourth-order valence-electron chi connectivity index (χ4n) is 5.10. The van der Waals surface area contributed by atoms with Gasteiger partial charge in [-0.05, 0) is 83.6 Å². The van der Waals surface area contributed by atoms with Crippen molar-refractivity contribution in [3.05, 3.63) is 30.1 Å². The number of pyridine rings is 1. The van der Waals surface area contributed by atoms with Crippen LogP contribution in [0.2, 0.25) is 0 Å². The van der Waals surface area contributed by atoms with Gasteiger partial charge in [0, 0.05) is 35.9 Å². The number of hydrogen-bond acceptors (Lipinski definition) is 6. The lowest BCUT2D eigenvalue weighted by Crippen LogP contribution is -2.55. The summed E-state index contributed by atoms with van der Waals surface area (Å²) in [6.07, 6.45) is 8.10. The molecule has 1 aliphatic carbocycles. The second-order valence-corrected chi connectivity index (χ2v) is 9.98. The first-order valence-electron chi connectivity index (χ1n) is 12.0. The van der Waals surface area contributed by atoms with Gasteiger partial charge in [0.2, 0.25) is 5.95 Å². The Balaban J connectivity index is 1.33. The molecule has 0 unspecified atom stereocenters. The molecular weight excluding hydrogens is 409 g/mol. The van der Waals surface area contributed by atoms with Crippen LogP contribution in [0, 0.1) is 6.92 Å². The van der Waals surface area contributed by atoms with E-state index in [0.717, 1.165) is 59.8 Å². The number of hydrogen-bond donors (Lipinski definition) is 1. The Morgan fingerprint density at radius 3 is 2.61 bits per heavy atom. The predicted octanol–water partition coefficient (Wildman–Crippen LogP) is 3.82. The first-order valence-corrected chi connectivity index (χ1v) is 12.0. The molecular formula is C25H32BN7. The average molecular weight is 441 g/mol. The van der Waals surface area contributed by atoms with E-state index in [4.69, 9.17) is 17.9 Å². The SMILES string of the molecule is [B]c1cc(-c2ccc(N=C(C)C)c(C)n2)c2cnc(NC3CCN(C4(C)CCC4)CC3)nn12. The van der Waals surface area contributed by atoms with Crippen molar-refractivity contribution in [3.63, 3.8) is 0 Å². The third kappa shape index (κ3) is 4.28. The lowest BCUT2D eigenvalue weighted by atomic mass is 9.76. The summed E-state index contributed by atoms with van der Waals surface area (Å²) in [6.45, 7) is 10.6. The fourth-order valence-corrected chi connectivity index (χ4v) is 5.10. The van der Waals surface area contributed by atoms with Gasteiger partial charge in [0.1, 0.15) is 7.85 Å². The molecule has 7 nitrogen and oxygen atoms in total. The number of nitrogens with zero attached hydrogens (tertiary/aromatic N) is 6. The van der Waals surface area contributed by atoms with Crippen LogP contribution in [0.4, 0.5) is 11.6 Å². The summed E-state index contributed by atoms with van der Waals surface area (Å²) in [4.78, 5) is 16.6. The lowest BCUT2D eigenvalue weighted by molar-refractivity contribution is 0.0152. The highest BCUT2D eigenvalue weighted by Gasteiger charge is 2.39. The summed E-state index contributed by atoms with van der Waals surface area (Å²) in [5.41, 5.74) is 6.39. The number of anilines is 1. The molecule has 3 aromatic heterocycles. The van der Waals surface area contributed by atoms with E-state index in [1.54, 1.807) is 4.52 Å². The molecule has 0 atom stereocenters. The van der Waals surface area contributed by atoms with Crippen LogP contribution in [-0.4, -0.2) is 62.7 Å². The number of aromatic nitrogens is 4. The van der Waals surface area contributed by atoms with E-state index < -0.39 is 0 Å². The highest BCUT2D eigenvalue weighted by Crippen LogP contribution is 2.38. The maximum atomic E-state index is 6.33. The zero-order valence-electron chi connectivity index (χ0n) is 20.1. The number of aliphatic imine (C=N–C) groups is 1. The van der Waals surface area contributed by atoms with Crippen molar-refractivity contribution >= 4 is 36.3 Å². The van der Waals surface area contributed by atoms with Gasteiger partial charge in [0.05, 0.1) is 28.8 Å². The number of likely N-dealkylation sites (tertiary alicyclic amines) is 1. The summed E-state index contributed by atoms with van der Waals surface area (Å²) in [5, 5.41) is 8.23. The van der Waals surface area contributed by atoms with Crippen molar-refractivity contribution in [2.24, 2.45) is 4.99 Å². The van der Waals surface area contributed by atoms with E-state index in [-0.39, 0.29) is 0 Å². The normalized spacial score (nSPS) is 18.8. The van der Waals surface area contributed by atoms with E-state index in [1.165, 1.54) is 19.3 Å². The second-order valence-electron chi connectivity index (χ2n) is 9.98. The van der Waals surface area contributed by atoms with Gasteiger partial charge in [-0.25, -0.2) is 9.50 Å². The molecule has 33 heavy (non-hydrogen) atoms. The lowest BCUT2D eigenvalue weighted by Gasteiger charge is -2.50. The number of rotatable bonds is 5. The van der Waals surface area contributed by atoms with Gasteiger partial charge < -0.3 is 5.32 Å². The summed E-state index contributed by atoms with van der Waals surface area (Å²) < 4.78 is 1.76. The monoisotopic (exact) mass is 441 g/mol. The van der Waals surface area contributed by atoms with Crippen LogP contribution in [0.15, 0.2) is 29.4 Å². The molecule has 1 N–H and O–H groups in total. The first-order chi connectivity index (χ1) is 15.8. The summed E-state index contributed by atoms with van der Waals surface area (Å²) >= 11 is 0. The zero-order chi connectivity index (χ0) is 23.2. The van der Waals surface area contributed by atoms with Gasteiger partial charge in [0.15, 0.2) is 0 Å². The van der Waals surface area contributed by atoms with Gasteiger partial charge in [-0.1, -0.05) is 0 Å². The van der Waals surface area contributed by atoms with Crippen molar-refractivity contribution in [2.45, 2.75) is 71.4 Å². The van der Waals surface area contributed by atoms with Crippen LogP contribution >= 0.6 is 0 Å². The van der Waals surface area contributed by atoms with Crippen LogP contribution in [0.3, 0.4) is 0 Å². The van der Waals surface area contributed by atoms with Crippen LogP contribution in [0.5, 0.6) is 0 Å². The molecule has 0 bridgehead atoms. The third-order valence-corrected chi connectivity index (χ3v) is 7.25. The minimum atomic E-state index is 0.387. The Morgan fingerprint density at radius 1 is 1.21 bits per heavy atom. The van der Waals surface area contributed by atoms with Crippen molar-refractivity contribution in [1.29, 1.82) is 0 Å². The molecule has 1 aliphatic heterocycles. The van der Waals surface area contributed by atoms with Crippen molar-refractivity contribution < 1.29 is 0 Å². The van der Waals surface area contributed by atoms with Gasteiger partial charge in [-0.2, -0.15) is 0 Å². The molecule has 2 fully saturated rings. The summed E-state index contributed by atoms with van der Waals surface area (Å²) in [5.74, 6) is 0.622. The molecule has 1 saturated heterocycles. The number of piperidine rings is 1. The Bertz CT molecular complexity index is 1200. The molecule has 8 heteroatoms. The van der Waals surface area contributed by atoms with Crippen LogP contribution in [0.1, 0.15) is 58.6 Å². The molecule has 170 valence electrons. The van der Waals surface area contributed by atoms with E-state index in [9.17, 15) is 0 Å². The van der Waals surface area contributed by atoms with Gasteiger partial charge in [-0.3, -0.25) is 14.9 Å². The van der Waals surface area contributed by atoms with Crippen LogP contribution in [0.25, 0.3) is 16.8 Å². The minimum absolute atomic E-state index is 0.387. The van der Waals surface area contributed by atoms with Crippen LogP contribution in [-0.2, 0) is 0 Å². The van der Waals surface area contributed by atoms with Crippen molar-refractivity contribution in [1.82, 2.24) is 24.5 Å². The molecule has 0 aromatic carbocycles. The molecule has 1 saturated carbocycles. The zero-order valence-corrected chi connectivity index (χ0v) is 20.1. The Morgan fingerprint density at radius 2 is 1.97 bits per heavy atom. The maximum absolute atomic E-state index is 6.33. The molecule has 3 aromatic rings. The minimum Gasteiger partial charge on any atom is -0.350 e. The van der Waals surface area contributed by atoms with Crippen LogP contribution < -0.4 is 10.9 Å². The highest BCUT2D eigenvalue weighted by atomic mass is 15.3. The molecule has 0 amide bonds.